The number of alkyl carbamates (subject to hydrolysis) is 1. The van der Waals surface area contributed by atoms with Gasteiger partial charge in [0.1, 0.15) is 0 Å². The monoisotopic (exact) mass is 666 g/mol. The van der Waals surface area contributed by atoms with Gasteiger partial charge in [-0.1, -0.05) is 20.3 Å². The first-order valence-electron chi connectivity index (χ1n) is 17.6. The standard InChI is InChI=1S/C34H67N9O2S/c1-27(19-42-32(44)45-20-30-28-14-9-7-8-10-15-29(28)30)13-11-12-16-41-31(46)43-34(24-37-5,25-38-6)26-40-18-17-39-23-33(2,21-35-3)22-36-4/h27-30,35-40H,9-26H2,1-6H3,(H,42,44)(H2,41,43,46). The maximum absolute atomic E-state index is 12.3. The first-order valence-corrected chi connectivity index (χ1v) is 18.0. The van der Waals surface area contributed by atoms with E-state index in [4.69, 9.17) is 17.0 Å². The molecule has 0 spiro atoms. The van der Waals surface area contributed by atoms with Crippen LogP contribution in [-0.4, -0.2) is 117 Å². The molecular weight excluding hydrogens is 599 g/mol. The van der Waals surface area contributed by atoms with Crippen LogP contribution in [0, 0.1) is 40.9 Å². The topological polar surface area (TPSA) is 135 Å². The summed E-state index contributed by atoms with van der Waals surface area (Å²) in [5.74, 6) is 8.79. The third-order valence-electron chi connectivity index (χ3n) is 9.36. The smallest absolute Gasteiger partial charge is 0.407 e. The molecule has 0 radical (unpaired) electrons. The maximum atomic E-state index is 12.3. The average molecular weight is 666 g/mol. The van der Waals surface area contributed by atoms with Gasteiger partial charge in [-0.15, -0.1) is 11.8 Å². The molecular formula is C34H67N9O2S. The number of amides is 1. The maximum Gasteiger partial charge on any atom is 0.407 e. The van der Waals surface area contributed by atoms with Crippen LogP contribution in [0.4, 0.5) is 4.79 Å². The largest absolute Gasteiger partial charge is 0.449 e. The second-order valence-electron chi connectivity index (χ2n) is 13.9. The van der Waals surface area contributed by atoms with Crippen LogP contribution in [-0.2, 0) is 4.74 Å². The lowest BCUT2D eigenvalue weighted by Crippen LogP contribution is -2.66. The molecule has 0 heterocycles. The summed E-state index contributed by atoms with van der Waals surface area (Å²) < 4.78 is 5.56. The van der Waals surface area contributed by atoms with Crippen molar-refractivity contribution in [2.45, 2.75) is 64.3 Å². The SMILES string of the molecule is CNCC(C)(CNC)CNCCNCC(CNC)(CNC)NC(=S)NCCCCC(C)CNC(=O)OCC1C2CCC#CCCC21. The molecule has 9 N–H and O–H groups in total. The summed E-state index contributed by atoms with van der Waals surface area (Å²) in [4.78, 5) is 12.3. The minimum atomic E-state index is -0.283. The number of likely N-dealkylation sites (N-methyl/N-ethyl adjacent to an activating group) is 2. The normalized spacial score (nSPS) is 19.9. The summed E-state index contributed by atoms with van der Waals surface area (Å²) in [5.41, 5.74) is -0.0994. The molecule has 46 heavy (non-hydrogen) atoms. The lowest BCUT2D eigenvalue weighted by atomic mass is 9.90. The van der Waals surface area contributed by atoms with Crippen molar-refractivity contribution in [3.63, 3.8) is 0 Å². The lowest BCUT2D eigenvalue weighted by Gasteiger charge is -2.36. The summed E-state index contributed by atoms with van der Waals surface area (Å²) in [5, 5.41) is 31.2. The Morgan fingerprint density at radius 1 is 0.826 bits per heavy atom. The molecule has 0 bridgehead atoms. The number of hydrogen-bond acceptors (Lipinski definition) is 9. The number of fused-ring (bicyclic) bond motifs is 1. The molecule has 0 aromatic rings. The van der Waals surface area contributed by atoms with Crippen molar-refractivity contribution < 1.29 is 9.53 Å². The zero-order chi connectivity index (χ0) is 33.7. The second-order valence-corrected chi connectivity index (χ2v) is 14.4. The molecule has 2 rings (SSSR count). The Labute approximate surface area is 285 Å². The number of ether oxygens (including phenoxy) is 1. The Morgan fingerprint density at radius 3 is 2.00 bits per heavy atom. The summed E-state index contributed by atoms with van der Waals surface area (Å²) in [6.45, 7) is 13.4. The van der Waals surface area contributed by atoms with E-state index in [1.165, 1.54) is 0 Å². The highest BCUT2D eigenvalue weighted by Gasteiger charge is 2.49. The molecule has 1 amide bonds. The fourth-order valence-electron chi connectivity index (χ4n) is 6.90. The van der Waals surface area contributed by atoms with E-state index in [1.54, 1.807) is 0 Å². The van der Waals surface area contributed by atoms with Gasteiger partial charge in [-0.25, -0.2) is 4.79 Å². The molecule has 0 aliphatic heterocycles. The Bertz CT molecular complexity index is 898. The van der Waals surface area contributed by atoms with E-state index < -0.39 is 0 Å². The minimum Gasteiger partial charge on any atom is -0.449 e. The van der Waals surface area contributed by atoms with E-state index in [0.717, 1.165) is 104 Å². The van der Waals surface area contributed by atoms with Crippen molar-refractivity contribution in [1.29, 1.82) is 0 Å². The first-order chi connectivity index (χ1) is 22.2. The van der Waals surface area contributed by atoms with Gasteiger partial charge >= 0.3 is 6.09 Å². The van der Waals surface area contributed by atoms with Gasteiger partial charge in [0.25, 0.3) is 0 Å². The zero-order valence-electron chi connectivity index (χ0n) is 29.8. The summed E-state index contributed by atoms with van der Waals surface area (Å²) in [6, 6.07) is 0. The Morgan fingerprint density at radius 2 is 1.41 bits per heavy atom. The number of nitrogens with one attached hydrogen (secondary N) is 9. The highest BCUT2D eigenvalue weighted by atomic mass is 32.1. The summed E-state index contributed by atoms with van der Waals surface area (Å²) >= 11 is 5.71. The molecule has 1 saturated carbocycles. The van der Waals surface area contributed by atoms with Crippen molar-refractivity contribution >= 4 is 23.4 Å². The molecule has 2 aliphatic rings. The van der Waals surface area contributed by atoms with Crippen molar-refractivity contribution in [2.75, 3.05) is 100 Å². The first kappa shape index (κ1) is 40.5. The highest BCUT2D eigenvalue weighted by molar-refractivity contribution is 7.80. The van der Waals surface area contributed by atoms with Gasteiger partial charge in [0.15, 0.2) is 5.11 Å². The van der Waals surface area contributed by atoms with Crippen molar-refractivity contribution in [3.05, 3.63) is 0 Å². The number of rotatable bonds is 25. The van der Waals surface area contributed by atoms with E-state index in [0.29, 0.717) is 41.9 Å². The number of unbranched alkanes of at least 4 members (excludes halogenated alkanes) is 1. The molecule has 3 unspecified atom stereocenters. The molecule has 0 aromatic heterocycles. The van der Waals surface area contributed by atoms with Crippen molar-refractivity contribution in [2.24, 2.45) is 29.1 Å². The molecule has 2 aliphatic carbocycles. The van der Waals surface area contributed by atoms with Crippen LogP contribution in [0.2, 0.25) is 0 Å². The van der Waals surface area contributed by atoms with Gasteiger partial charge in [-0.2, -0.15) is 0 Å². The van der Waals surface area contributed by atoms with Gasteiger partial charge in [0.05, 0.1) is 12.1 Å². The molecule has 11 nitrogen and oxygen atoms in total. The minimum absolute atomic E-state index is 0.165. The molecule has 0 aromatic carbocycles. The molecule has 0 saturated heterocycles. The summed E-state index contributed by atoms with van der Waals surface area (Å²) in [6.07, 6.45) is 7.10. The Kier molecular flexibility index (Phi) is 20.0. The van der Waals surface area contributed by atoms with Gasteiger partial charge in [0, 0.05) is 83.7 Å². The van der Waals surface area contributed by atoms with Crippen LogP contribution in [0.25, 0.3) is 0 Å². The molecule has 12 heteroatoms. The predicted octanol–water partition coefficient (Wildman–Crippen LogP) is 1.22. The third kappa shape index (κ3) is 15.9. The highest BCUT2D eigenvalue weighted by Crippen LogP contribution is 2.52. The van der Waals surface area contributed by atoms with Crippen LogP contribution in [0.5, 0.6) is 0 Å². The zero-order valence-corrected chi connectivity index (χ0v) is 30.6. The second kappa shape index (κ2) is 22.8. The molecule has 3 atom stereocenters. The lowest BCUT2D eigenvalue weighted by molar-refractivity contribution is 0.136. The van der Waals surface area contributed by atoms with Gasteiger partial charge < -0.3 is 52.6 Å². The van der Waals surface area contributed by atoms with Gasteiger partial charge in [-0.3, -0.25) is 0 Å². The van der Waals surface area contributed by atoms with Crippen molar-refractivity contribution in [1.82, 2.24) is 47.9 Å². The van der Waals surface area contributed by atoms with Crippen LogP contribution < -0.4 is 47.9 Å². The van der Waals surface area contributed by atoms with E-state index in [-0.39, 0.29) is 17.0 Å². The molecule has 266 valence electrons. The summed E-state index contributed by atoms with van der Waals surface area (Å²) in [7, 11) is 7.96. The number of carbonyl (C=O) groups excluding carboxylic acids is 1. The fourth-order valence-corrected chi connectivity index (χ4v) is 7.22. The van der Waals surface area contributed by atoms with Crippen LogP contribution in [0.3, 0.4) is 0 Å². The average Bonchev–Trinajstić information content (AvgIpc) is 3.65. The van der Waals surface area contributed by atoms with E-state index in [2.05, 4.69) is 73.5 Å². The van der Waals surface area contributed by atoms with Gasteiger partial charge in [0.2, 0.25) is 0 Å². The van der Waals surface area contributed by atoms with Gasteiger partial charge in [-0.05, 0) is 89.8 Å². The third-order valence-corrected chi connectivity index (χ3v) is 9.61. The number of carbonyl (C=O) groups is 1. The van der Waals surface area contributed by atoms with Crippen LogP contribution in [0.1, 0.15) is 58.8 Å². The van der Waals surface area contributed by atoms with E-state index >= 15 is 0 Å². The van der Waals surface area contributed by atoms with Crippen LogP contribution in [0.15, 0.2) is 0 Å². The Balaban J connectivity index is 1.59. The predicted molar refractivity (Wildman–Crippen MR) is 195 cm³/mol. The van der Waals surface area contributed by atoms with E-state index in [9.17, 15) is 4.79 Å². The fraction of sp³-hybridized carbons (Fsp3) is 0.882. The van der Waals surface area contributed by atoms with Crippen LogP contribution >= 0.6 is 12.2 Å². The van der Waals surface area contributed by atoms with E-state index in [1.807, 2.05) is 28.2 Å². The quantitative estimate of drug-likeness (QED) is 0.0396. The number of hydrogen-bond donors (Lipinski definition) is 9. The van der Waals surface area contributed by atoms with Crippen molar-refractivity contribution in [3.8, 4) is 11.8 Å². The molecule has 1 fully saturated rings. The Hall–Kier alpha value is -1.72. The number of thiocarbonyl (C=S) groups is 1.